The van der Waals surface area contributed by atoms with Gasteiger partial charge in [-0.3, -0.25) is 14.5 Å². The van der Waals surface area contributed by atoms with Gasteiger partial charge in [0, 0.05) is 25.2 Å². The summed E-state index contributed by atoms with van der Waals surface area (Å²) in [5.74, 6) is -1.12. The minimum Gasteiger partial charge on any atom is -0.493 e. The Bertz CT molecular complexity index is 1640. The lowest BCUT2D eigenvalue weighted by Crippen LogP contribution is -2.31. The van der Waals surface area contributed by atoms with Crippen molar-refractivity contribution < 1.29 is 18.7 Å². The highest BCUT2D eigenvalue weighted by atomic mass is 35.5. The molecule has 2 aromatic carbocycles. The molecule has 0 fully saturated rings. The monoisotopic (exact) mass is 582 g/mol. The number of benzene rings is 2. The zero-order valence-electron chi connectivity index (χ0n) is 22.3. The molecule has 0 spiro atoms. The molecule has 9 nitrogen and oxygen atoms in total. The van der Waals surface area contributed by atoms with E-state index in [1.54, 1.807) is 44.4 Å². The number of hydrogen-bond acceptors (Lipinski definition) is 6. The lowest BCUT2D eigenvalue weighted by molar-refractivity contribution is 0.0815. The fourth-order valence-electron chi connectivity index (χ4n) is 4.77. The smallest absolute Gasteiger partial charge is 0.291 e. The Balaban J connectivity index is 1.79. The van der Waals surface area contributed by atoms with E-state index in [0.717, 1.165) is 0 Å². The van der Waals surface area contributed by atoms with Crippen LogP contribution in [0.4, 0.5) is 10.1 Å². The third-order valence-corrected chi connectivity index (χ3v) is 7.11. The van der Waals surface area contributed by atoms with Gasteiger partial charge in [0.15, 0.2) is 28.8 Å². The summed E-state index contributed by atoms with van der Waals surface area (Å²) in [5, 5.41) is 0.400. The van der Waals surface area contributed by atoms with Gasteiger partial charge < -0.3 is 14.2 Å². The van der Waals surface area contributed by atoms with E-state index in [0.29, 0.717) is 22.1 Å². The third-order valence-electron chi connectivity index (χ3n) is 6.56. The Morgan fingerprint density at radius 1 is 1.07 bits per heavy atom. The van der Waals surface area contributed by atoms with Crippen molar-refractivity contribution in [3.63, 3.8) is 0 Å². The number of amides is 2. The molecule has 0 bridgehead atoms. The van der Waals surface area contributed by atoms with Crippen LogP contribution >= 0.6 is 23.2 Å². The van der Waals surface area contributed by atoms with Crippen LogP contribution in [0.2, 0.25) is 10.0 Å². The van der Waals surface area contributed by atoms with Crippen molar-refractivity contribution in [3.8, 4) is 17.3 Å². The normalized spacial score (nSPS) is 14.6. The quantitative estimate of drug-likeness (QED) is 0.284. The average Bonchev–Trinajstić information content (AvgIpc) is 3.45. The summed E-state index contributed by atoms with van der Waals surface area (Å²) in [6.07, 6.45) is 1.40. The van der Waals surface area contributed by atoms with Crippen LogP contribution in [0.1, 0.15) is 58.3 Å². The molecule has 1 atom stereocenters. The summed E-state index contributed by atoms with van der Waals surface area (Å²) in [7, 11) is 4.65. The second-order valence-corrected chi connectivity index (χ2v) is 10.5. The zero-order valence-corrected chi connectivity index (χ0v) is 23.8. The first-order chi connectivity index (χ1) is 19.0. The molecule has 3 heterocycles. The van der Waals surface area contributed by atoms with Crippen molar-refractivity contribution in [2.45, 2.75) is 25.9 Å². The molecule has 2 aromatic heterocycles. The molecule has 4 aromatic rings. The molecule has 12 heteroatoms. The Labute approximate surface area is 240 Å². The van der Waals surface area contributed by atoms with Crippen LogP contribution in [0.3, 0.4) is 0 Å². The van der Waals surface area contributed by atoms with Gasteiger partial charge in [0.2, 0.25) is 5.82 Å². The van der Waals surface area contributed by atoms with Crippen molar-refractivity contribution in [1.29, 1.82) is 0 Å². The molecular formula is C28H25Cl2FN6O3. The molecule has 206 valence electrons. The Kier molecular flexibility index (Phi) is 7.24. The van der Waals surface area contributed by atoms with Crippen LogP contribution in [0.15, 0.2) is 48.7 Å². The van der Waals surface area contributed by atoms with Gasteiger partial charge in [0.05, 0.1) is 29.7 Å². The molecule has 1 unspecified atom stereocenters. The number of aromatic nitrogens is 4. The fourth-order valence-corrected chi connectivity index (χ4v) is 5.07. The summed E-state index contributed by atoms with van der Waals surface area (Å²) < 4.78 is 22.7. The van der Waals surface area contributed by atoms with E-state index >= 15 is 4.39 Å². The van der Waals surface area contributed by atoms with Gasteiger partial charge in [-0.05, 0) is 43.7 Å². The van der Waals surface area contributed by atoms with Crippen LogP contribution in [0.5, 0.6) is 5.75 Å². The third kappa shape index (κ3) is 4.47. The van der Waals surface area contributed by atoms with Crippen LogP contribution in [-0.2, 0) is 0 Å². The molecule has 5 rings (SSSR count). The molecule has 40 heavy (non-hydrogen) atoms. The zero-order chi connectivity index (χ0) is 28.9. The van der Waals surface area contributed by atoms with Gasteiger partial charge in [-0.1, -0.05) is 41.4 Å². The topological polar surface area (TPSA) is 93.5 Å². The SMILES string of the molecule is COc1cnc(C(=O)N(C)C)nc1-c1nc2c(n1C(C)C)C(c1ccc(Cl)cc1)N(c1cccc(Cl)c1F)C2=O. The van der Waals surface area contributed by atoms with Crippen molar-refractivity contribution in [2.75, 3.05) is 26.1 Å². The first-order valence-corrected chi connectivity index (χ1v) is 13.1. The van der Waals surface area contributed by atoms with E-state index in [9.17, 15) is 9.59 Å². The first-order valence-electron chi connectivity index (χ1n) is 12.3. The van der Waals surface area contributed by atoms with Crippen LogP contribution in [-0.4, -0.2) is 57.4 Å². The lowest BCUT2D eigenvalue weighted by Gasteiger charge is -2.29. The van der Waals surface area contributed by atoms with Gasteiger partial charge in [0.25, 0.3) is 11.8 Å². The van der Waals surface area contributed by atoms with Gasteiger partial charge in [-0.25, -0.2) is 19.3 Å². The highest BCUT2D eigenvalue weighted by Gasteiger charge is 2.46. The molecule has 0 aliphatic carbocycles. The first kappa shape index (κ1) is 27.5. The number of hydrogen-bond donors (Lipinski definition) is 0. The van der Waals surface area contributed by atoms with Crippen LogP contribution < -0.4 is 9.64 Å². The Morgan fingerprint density at radius 2 is 1.77 bits per heavy atom. The minimum absolute atomic E-state index is 0.0192. The van der Waals surface area contributed by atoms with Crippen molar-refractivity contribution >= 4 is 40.7 Å². The molecule has 0 radical (unpaired) electrons. The molecule has 1 aliphatic rings. The van der Waals surface area contributed by atoms with E-state index < -0.39 is 23.7 Å². The summed E-state index contributed by atoms with van der Waals surface area (Å²) in [6.45, 7) is 3.86. The number of carbonyl (C=O) groups is 2. The van der Waals surface area contributed by atoms with Crippen molar-refractivity contribution in [3.05, 3.63) is 87.3 Å². The fraction of sp³-hybridized carbons (Fsp3) is 0.250. The molecule has 2 amide bonds. The van der Waals surface area contributed by atoms with Crippen molar-refractivity contribution in [1.82, 2.24) is 24.4 Å². The maximum Gasteiger partial charge on any atom is 0.291 e. The molecular weight excluding hydrogens is 558 g/mol. The summed E-state index contributed by atoms with van der Waals surface area (Å²) in [6, 6.07) is 10.5. The van der Waals surface area contributed by atoms with Gasteiger partial charge >= 0.3 is 0 Å². The highest BCUT2D eigenvalue weighted by molar-refractivity contribution is 6.31. The predicted octanol–water partition coefficient (Wildman–Crippen LogP) is 5.83. The number of imidazole rings is 1. The summed E-state index contributed by atoms with van der Waals surface area (Å²) in [5.41, 5.74) is 1.59. The maximum atomic E-state index is 15.4. The molecule has 0 N–H and O–H groups in total. The van der Waals surface area contributed by atoms with E-state index in [2.05, 4.69) is 9.97 Å². The Hall–Kier alpha value is -4.02. The standard InChI is InChI=1S/C28H25Cl2FN6O3/c1-14(2)36-24-22(34-26(36)21-19(40-5)13-32-25(33-21)28(39)35(3)4)27(38)37(18-8-6-7-17(30)20(18)31)23(24)15-9-11-16(29)12-10-15/h6-14,23H,1-5H3. The van der Waals surface area contributed by atoms with Gasteiger partial charge in [-0.15, -0.1) is 0 Å². The summed E-state index contributed by atoms with van der Waals surface area (Å²) in [4.78, 5) is 42.8. The minimum atomic E-state index is -0.771. The lowest BCUT2D eigenvalue weighted by atomic mass is 10.0. The number of fused-ring (bicyclic) bond motifs is 1. The molecule has 1 aliphatic heterocycles. The Morgan fingerprint density at radius 3 is 2.40 bits per heavy atom. The predicted molar refractivity (Wildman–Crippen MR) is 150 cm³/mol. The van der Waals surface area contributed by atoms with Crippen molar-refractivity contribution in [2.24, 2.45) is 0 Å². The number of nitrogens with zero attached hydrogens (tertiary/aromatic N) is 6. The van der Waals surface area contributed by atoms with E-state index in [4.69, 9.17) is 32.9 Å². The number of ether oxygens (including phenoxy) is 1. The van der Waals surface area contributed by atoms with Gasteiger partial charge in [0.1, 0.15) is 6.04 Å². The molecule has 0 saturated heterocycles. The number of rotatable bonds is 6. The molecule has 0 saturated carbocycles. The van der Waals surface area contributed by atoms with E-state index in [1.165, 1.54) is 35.2 Å². The number of halogens is 3. The number of carbonyl (C=O) groups excluding carboxylic acids is 2. The second-order valence-electron chi connectivity index (χ2n) is 9.65. The maximum absolute atomic E-state index is 15.4. The highest BCUT2D eigenvalue weighted by Crippen LogP contribution is 2.46. The second kappa shape index (κ2) is 10.5. The van der Waals surface area contributed by atoms with E-state index in [1.807, 2.05) is 18.4 Å². The number of anilines is 1. The van der Waals surface area contributed by atoms with Crippen LogP contribution in [0, 0.1) is 5.82 Å². The van der Waals surface area contributed by atoms with Gasteiger partial charge in [-0.2, -0.15) is 0 Å². The largest absolute Gasteiger partial charge is 0.493 e. The summed E-state index contributed by atoms with van der Waals surface area (Å²) >= 11 is 12.3. The van der Waals surface area contributed by atoms with E-state index in [-0.39, 0.29) is 39.7 Å². The van der Waals surface area contributed by atoms with Crippen LogP contribution in [0.25, 0.3) is 11.5 Å². The number of methoxy groups -OCH3 is 1. The average molecular weight is 583 g/mol.